The molecule has 0 unspecified atom stereocenters. The molecule has 0 saturated carbocycles. The molecular weight excluding hydrogens is 412 g/mol. The second kappa shape index (κ2) is 9.53. The summed E-state index contributed by atoms with van der Waals surface area (Å²) in [6.45, 7) is 1.91. The molecule has 6 nitrogen and oxygen atoms in total. The molecule has 33 heavy (non-hydrogen) atoms. The van der Waals surface area contributed by atoms with Crippen LogP contribution >= 0.6 is 0 Å². The van der Waals surface area contributed by atoms with E-state index in [0.29, 0.717) is 23.5 Å². The highest BCUT2D eigenvalue weighted by Gasteiger charge is 2.14. The summed E-state index contributed by atoms with van der Waals surface area (Å²) in [5, 5.41) is 6.60. The summed E-state index contributed by atoms with van der Waals surface area (Å²) in [6, 6.07) is 25.0. The quantitative estimate of drug-likeness (QED) is 0.451. The minimum Gasteiger partial charge on any atom is -0.378 e. The van der Waals surface area contributed by atoms with E-state index in [9.17, 15) is 9.59 Å². The second-order valence-corrected chi connectivity index (χ2v) is 8.07. The predicted octanol–water partition coefficient (Wildman–Crippen LogP) is 4.86. The Labute approximate surface area is 193 Å². The van der Waals surface area contributed by atoms with Crippen molar-refractivity contribution in [2.45, 2.75) is 13.5 Å². The Morgan fingerprint density at radius 2 is 1.61 bits per heavy atom. The number of hydrogen-bond acceptors (Lipinski definition) is 4. The van der Waals surface area contributed by atoms with Gasteiger partial charge in [0, 0.05) is 49.9 Å². The van der Waals surface area contributed by atoms with E-state index in [1.165, 1.54) is 6.92 Å². The molecule has 0 atom stereocenters. The standard InChI is InChI=1S/C27H26N4O2/c1-18(32)29-21-12-10-20(11-13-21)26-16-24(23-6-4-5-7-25(23)30-26)27(33)28-17-19-8-14-22(15-9-19)31(2)3/h4-16H,17H2,1-3H3,(H,28,33)(H,29,32). The number of nitrogens with one attached hydrogen (secondary N) is 2. The van der Waals surface area contributed by atoms with E-state index in [1.54, 1.807) is 0 Å². The van der Waals surface area contributed by atoms with Gasteiger partial charge in [-0.15, -0.1) is 0 Å². The first-order valence-corrected chi connectivity index (χ1v) is 10.7. The number of rotatable bonds is 6. The number of anilines is 2. The van der Waals surface area contributed by atoms with Gasteiger partial charge in [-0.05, 0) is 42.0 Å². The van der Waals surface area contributed by atoms with Crippen molar-refractivity contribution in [3.8, 4) is 11.3 Å². The summed E-state index contributed by atoms with van der Waals surface area (Å²) in [7, 11) is 3.99. The van der Waals surface area contributed by atoms with Crippen molar-refractivity contribution in [3.05, 3.63) is 90.0 Å². The number of para-hydroxylation sites is 1. The molecule has 0 bridgehead atoms. The fourth-order valence-electron chi connectivity index (χ4n) is 3.63. The highest BCUT2D eigenvalue weighted by atomic mass is 16.2. The number of carbonyl (C=O) groups is 2. The Balaban J connectivity index is 1.61. The van der Waals surface area contributed by atoms with Gasteiger partial charge in [0.05, 0.1) is 16.8 Å². The topological polar surface area (TPSA) is 74.3 Å². The molecule has 0 aliphatic rings. The van der Waals surface area contributed by atoms with E-state index < -0.39 is 0 Å². The molecule has 1 aromatic heterocycles. The van der Waals surface area contributed by atoms with Gasteiger partial charge in [-0.1, -0.05) is 42.5 Å². The van der Waals surface area contributed by atoms with Gasteiger partial charge in [-0.3, -0.25) is 9.59 Å². The van der Waals surface area contributed by atoms with Crippen LogP contribution in [0.2, 0.25) is 0 Å². The third-order valence-corrected chi connectivity index (χ3v) is 5.37. The predicted molar refractivity (Wildman–Crippen MR) is 133 cm³/mol. The molecule has 0 fully saturated rings. The molecule has 2 amide bonds. The van der Waals surface area contributed by atoms with Crippen molar-refractivity contribution in [1.29, 1.82) is 0 Å². The fourth-order valence-corrected chi connectivity index (χ4v) is 3.63. The van der Waals surface area contributed by atoms with Crippen LogP contribution in [0, 0.1) is 0 Å². The number of benzene rings is 3. The third kappa shape index (κ3) is 5.18. The minimum atomic E-state index is -0.151. The van der Waals surface area contributed by atoms with Gasteiger partial charge in [0.1, 0.15) is 0 Å². The summed E-state index contributed by atoms with van der Waals surface area (Å²) in [5.41, 5.74) is 5.74. The lowest BCUT2D eigenvalue weighted by Gasteiger charge is -2.13. The van der Waals surface area contributed by atoms with Crippen LogP contribution in [-0.2, 0) is 11.3 Å². The smallest absolute Gasteiger partial charge is 0.252 e. The highest BCUT2D eigenvalue weighted by molar-refractivity contribution is 6.07. The summed E-state index contributed by atoms with van der Waals surface area (Å²) < 4.78 is 0. The van der Waals surface area contributed by atoms with Crippen LogP contribution in [0.4, 0.5) is 11.4 Å². The lowest BCUT2D eigenvalue weighted by Crippen LogP contribution is -2.23. The van der Waals surface area contributed by atoms with E-state index >= 15 is 0 Å². The van der Waals surface area contributed by atoms with Crippen LogP contribution in [0.1, 0.15) is 22.8 Å². The zero-order valence-electron chi connectivity index (χ0n) is 18.9. The fraction of sp³-hybridized carbons (Fsp3) is 0.148. The van der Waals surface area contributed by atoms with Crippen molar-refractivity contribution in [2.24, 2.45) is 0 Å². The molecule has 0 aliphatic heterocycles. The number of amides is 2. The molecule has 3 aromatic carbocycles. The SMILES string of the molecule is CC(=O)Nc1ccc(-c2cc(C(=O)NCc3ccc(N(C)C)cc3)c3ccccc3n2)cc1. The van der Waals surface area contributed by atoms with E-state index in [1.807, 2.05) is 97.9 Å². The molecule has 6 heteroatoms. The third-order valence-electron chi connectivity index (χ3n) is 5.37. The minimum absolute atomic E-state index is 0.123. The van der Waals surface area contributed by atoms with Crippen molar-refractivity contribution in [1.82, 2.24) is 10.3 Å². The van der Waals surface area contributed by atoms with Gasteiger partial charge < -0.3 is 15.5 Å². The molecule has 0 spiro atoms. The molecule has 166 valence electrons. The van der Waals surface area contributed by atoms with E-state index in [-0.39, 0.29) is 11.8 Å². The van der Waals surface area contributed by atoms with Gasteiger partial charge in [0.2, 0.25) is 5.91 Å². The van der Waals surface area contributed by atoms with Gasteiger partial charge >= 0.3 is 0 Å². The maximum Gasteiger partial charge on any atom is 0.252 e. The van der Waals surface area contributed by atoms with Crippen LogP contribution in [0.15, 0.2) is 78.9 Å². The zero-order valence-corrected chi connectivity index (χ0v) is 18.9. The van der Waals surface area contributed by atoms with Crippen molar-refractivity contribution in [2.75, 3.05) is 24.3 Å². The van der Waals surface area contributed by atoms with Crippen LogP contribution in [0.25, 0.3) is 22.2 Å². The van der Waals surface area contributed by atoms with Crippen LogP contribution in [-0.4, -0.2) is 30.9 Å². The van der Waals surface area contributed by atoms with Crippen molar-refractivity contribution in [3.63, 3.8) is 0 Å². The second-order valence-electron chi connectivity index (χ2n) is 8.07. The maximum atomic E-state index is 13.2. The lowest BCUT2D eigenvalue weighted by molar-refractivity contribution is -0.114. The first-order valence-electron chi connectivity index (χ1n) is 10.7. The molecule has 4 rings (SSSR count). The van der Waals surface area contributed by atoms with E-state index in [4.69, 9.17) is 4.98 Å². The van der Waals surface area contributed by atoms with Gasteiger partial charge in [0.25, 0.3) is 5.91 Å². The first kappa shape index (κ1) is 22.0. The van der Waals surface area contributed by atoms with Crippen LogP contribution < -0.4 is 15.5 Å². The molecule has 4 aromatic rings. The van der Waals surface area contributed by atoms with Crippen molar-refractivity contribution < 1.29 is 9.59 Å². The molecule has 1 heterocycles. The molecule has 0 radical (unpaired) electrons. The van der Waals surface area contributed by atoms with E-state index in [2.05, 4.69) is 10.6 Å². The molecule has 2 N–H and O–H groups in total. The molecular formula is C27H26N4O2. The van der Waals surface area contributed by atoms with Crippen molar-refractivity contribution >= 4 is 34.1 Å². The summed E-state index contributed by atoms with van der Waals surface area (Å²) >= 11 is 0. The van der Waals surface area contributed by atoms with Gasteiger partial charge in [-0.25, -0.2) is 4.98 Å². The average Bonchev–Trinajstić information content (AvgIpc) is 2.82. The normalized spacial score (nSPS) is 10.6. The molecule has 0 aliphatic carbocycles. The Morgan fingerprint density at radius 3 is 2.27 bits per heavy atom. The Hall–Kier alpha value is -4.19. The summed E-state index contributed by atoms with van der Waals surface area (Å²) in [5.74, 6) is -0.275. The number of hydrogen-bond donors (Lipinski definition) is 2. The largest absolute Gasteiger partial charge is 0.378 e. The highest BCUT2D eigenvalue weighted by Crippen LogP contribution is 2.26. The number of aromatic nitrogens is 1. The first-order chi connectivity index (χ1) is 15.9. The van der Waals surface area contributed by atoms with Gasteiger partial charge in [0.15, 0.2) is 0 Å². The Bertz CT molecular complexity index is 1300. The number of fused-ring (bicyclic) bond motifs is 1. The average molecular weight is 439 g/mol. The Kier molecular flexibility index (Phi) is 6.36. The molecule has 0 saturated heterocycles. The van der Waals surface area contributed by atoms with Crippen LogP contribution in [0.3, 0.4) is 0 Å². The van der Waals surface area contributed by atoms with Crippen LogP contribution in [0.5, 0.6) is 0 Å². The lowest BCUT2D eigenvalue weighted by atomic mass is 10.0. The van der Waals surface area contributed by atoms with Gasteiger partial charge in [-0.2, -0.15) is 0 Å². The summed E-state index contributed by atoms with van der Waals surface area (Å²) in [6.07, 6.45) is 0. The number of carbonyl (C=O) groups excluding carboxylic acids is 2. The monoisotopic (exact) mass is 438 g/mol. The number of nitrogens with zero attached hydrogens (tertiary/aromatic N) is 2. The van der Waals surface area contributed by atoms with E-state index in [0.717, 1.165) is 27.7 Å². The summed E-state index contributed by atoms with van der Waals surface area (Å²) in [4.78, 5) is 31.2. The number of pyridine rings is 1. The zero-order chi connectivity index (χ0) is 23.4. The maximum absolute atomic E-state index is 13.2. The Morgan fingerprint density at radius 1 is 0.909 bits per heavy atom.